The lowest BCUT2D eigenvalue weighted by Crippen LogP contribution is -2.29. The summed E-state index contributed by atoms with van der Waals surface area (Å²) in [6, 6.07) is 6.88. The molecule has 0 bridgehead atoms. The molecule has 0 unspecified atom stereocenters. The van der Waals surface area contributed by atoms with E-state index in [1.54, 1.807) is 24.3 Å². The van der Waals surface area contributed by atoms with Gasteiger partial charge in [-0.05, 0) is 36.6 Å². The number of rotatable bonds is 7. The van der Waals surface area contributed by atoms with Crippen LogP contribution in [0.1, 0.15) is 40.0 Å². The largest absolute Gasteiger partial charge is 0.338 e. The summed E-state index contributed by atoms with van der Waals surface area (Å²) in [6.45, 7) is 6.76. The number of hydrogen-bond donors (Lipinski definition) is 3. The Labute approximate surface area is 126 Å². The number of nitrogens with one attached hydrogen (secondary N) is 3. The molecule has 0 radical (unpaired) electrons. The first-order chi connectivity index (χ1) is 10.0. The number of amides is 3. The van der Waals surface area contributed by atoms with Crippen molar-refractivity contribution in [2.24, 2.45) is 5.92 Å². The third-order valence-electron chi connectivity index (χ3n) is 2.84. The Balaban J connectivity index is 2.43. The van der Waals surface area contributed by atoms with Gasteiger partial charge in [0.25, 0.3) is 0 Å². The van der Waals surface area contributed by atoms with Gasteiger partial charge in [-0.25, -0.2) is 4.79 Å². The molecule has 0 aliphatic rings. The van der Waals surface area contributed by atoms with Crippen LogP contribution in [0.5, 0.6) is 0 Å². The number of carbonyl (C=O) groups excluding carboxylic acids is 2. The summed E-state index contributed by atoms with van der Waals surface area (Å²) in [5.41, 5.74) is 1.43. The van der Waals surface area contributed by atoms with Crippen LogP contribution in [0.2, 0.25) is 0 Å². The topological polar surface area (TPSA) is 70.2 Å². The molecule has 3 N–H and O–H groups in total. The second-order valence-electron chi connectivity index (χ2n) is 5.46. The van der Waals surface area contributed by atoms with Crippen molar-refractivity contribution in [3.8, 4) is 0 Å². The van der Waals surface area contributed by atoms with Gasteiger partial charge in [-0.15, -0.1) is 0 Å². The molecule has 1 rings (SSSR count). The van der Waals surface area contributed by atoms with E-state index in [-0.39, 0.29) is 11.9 Å². The van der Waals surface area contributed by atoms with Crippen LogP contribution in [0.15, 0.2) is 24.3 Å². The second kappa shape index (κ2) is 9.00. The van der Waals surface area contributed by atoms with Crippen molar-refractivity contribution in [3.63, 3.8) is 0 Å². The van der Waals surface area contributed by atoms with Crippen LogP contribution in [0.3, 0.4) is 0 Å². The van der Waals surface area contributed by atoms with Crippen molar-refractivity contribution in [2.75, 3.05) is 17.2 Å². The van der Waals surface area contributed by atoms with E-state index in [4.69, 9.17) is 0 Å². The van der Waals surface area contributed by atoms with Gasteiger partial charge in [-0.1, -0.05) is 27.2 Å². The van der Waals surface area contributed by atoms with Gasteiger partial charge in [0.05, 0.1) is 0 Å². The van der Waals surface area contributed by atoms with Gasteiger partial charge in [0.15, 0.2) is 0 Å². The average molecular weight is 291 g/mol. The first kappa shape index (κ1) is 17.0. The summed E-state index contributed by atoms with van der Waals surface area (Å²) in [7, 11) is 0. The number of anilines is 2. The Bertz CT molecular complexity index is 455. The number of hydrogen-bond acceptors (Lipinski definition) is 2. The molecular formula is C16H25N3O2. The molecular weight excluding hydrogens is 266 g/mol. The van der Waals surface area contributed by atoms with Crippen LogP contribution in [0, 0.1) is 5.92 Å². The molecule has 0 heterocycles. The highest BCUT2D eigenvalue weighted by atomic mass is 16.2. The van der Waals surface area contributed by atoms with Crippen LogP contribution in [0.25, 0.3) is 0 Å². The molecule has 21 heavy (non-hydrogen) atoms. The van der Waals surface area contributed by atoms with E-state index in [0.717, 1.165) is 18.5 Å². The van der Waals surface area contributed by atoms with E-state index in [0.29, 0.717) is 24.6 Å². The number of carbonyl (C=O) groups is 2. The summed E-state index contributed by atoms with van der Waals surface area (Å²) in [6.07, 6.45) is 2.51. The standard InChI is InChI=1S/C16H25N3O2/c1-4-5-10-17-16(21)19-14-8-6-13(7-9-14)18-15(20)11-12(2)3/h6-9,12H,4-5,10-11H2,1-3H3,(H,18,20)(H2,17,19,21). The second-order valence-corrected chi connectivity index (χ2v) is 5.46. The molecule has 0 spiro atoms. The smallest absolute Gasteiger partial charge is 0.319 e. The summed E-state index contributed by atoms with van der Waals surface area (Å²) < 4.78 is 0. The molecule has 116 valence electrons. The molecule has 0 saturated carbocycles. The van der Waals surface area contributed by atoms with E-state index in [1.807, 2.05) is 13.8 Å². The maximum Gasteiger partial charge on any atom is 0.319 e. The van der Waals surface area contributed by atoms with Crippen molar-refractivity contribution < 1.29 is 9.59 Å². The lowest BCUT2D eigenvalue weighted by molar-refractivity contribution is -0.116. The lowest BCUT2D eigenvalue weighted by atomic mass is 10.1. The fraction of sp³-hybridized carbons (Fsp3) is 0.500. The van der Waals surface area contributed by atoms with Crippen molar-refractivity contribution in [2.45, 2.75) is 40.0 Å². The zero-order valence-corrected chi connectivity index (χ0v) is 13.0. The minimum absolute atomic E-state index is 0.00279. The minimum Gasteiger partial charge on any atom is -0.338 e. The Morgan fingerprint density at radius 3 is 2.14 bits per heavy atom. The van der Waals surface area contributed by atoms with Gasteiger partial charge in [-0.2, -0.15) is 0 Å². The molecule has 0 saturated heterocycles. The van der Waals surface area contributed by atoms with Crippen LogP contribution in [-0.2, 0) is 4.79 Å². The van der Waals surface area contributed by atoms with E-state index < -0.39 is 0 Å². The van der Waals surface area contributed by atoms with Crippen molar-refractivity contribution >= 4 is 23.3 Å². The molecule has 1 aromatic rings. The van der Waals surface area contributed by atoms with Crippen LogP contribution in [-0.4, -0.2) is 18.5 Å². The highest BCUT2D eigenvalue weighted by Crippen LogP contribution is 2.14. The predicted molar refractivity (Wildman–Crippen MR) is 86.5 cm³/mol. The fourth-order valence-corrected chi connectivity index (χ4v) is 1.77. The van der Waals surface area contributed by atoms with Gasteiger partial charge in [0, 0.05) is 24.3 Å². The maximum atomic E-state index is 11.6. The van der Waals surface area contributed by atoms with Crippen molar-refractivity contribution in [1.29, 1.82) is 0 Å². The Morgan fingerprint density at radius 2 is 1.62 bits per heavy atom. The molecule has 5 heteroatoms. The SMILES string of the molecule is CCCCNC(=O)Nc1ccc(NC(=O)CC(C)C)cc1. The quantitative estimate of drug-likeness (QED) is 0.672. The molecule has 1 aromatic carbocycles. The number of unbranched alkanes of at least 4 members (excludes halogenated alkanes) is 1. The normalized spacial score (nSPS) is 10.3. The monoisotopic (exact) mass is 291 g/mol. The maximum absolute atomic E-state index is 11.6. The summed E-state index contributed by atoms with van der Waals surface area (Å²) in [4.78, 5) is 23.2. The highest BCUT2D eigenvalue weighted by Gasteiger charge is 2.05. The first-order valence-electron chi connectivity index (χ1n) is 7.46. The van der Waals surface area contributed by atoms with Crippen molar-refractivity contribution in [1.82, 2.24) is 5.32 Å². The van der Waals surface area contributed by atoms with E-state index in [1.165, 1.54) is 0 Å². The Morgan fingerprint density at radius 1 is 1.05 bits per heavy atom. The fourth-order valence-electron chi connectivity index (χ4n) is 1.77. The van der Waals surface area contributed by atoms with Gasteiger partial charge in [-0.3, -0.25) is 4.79 Å². The molecule has 3 amide bonds. The Kier molecular flexibility index (Phi) is 7.29. The van der Waals surface area contributed by atoms with E-state index in [2.05, 4.69) is 22.9 Å². The minimum atomic E-state index is -0.208. The van der Waals surface area contributed by atoms with Gasteiger partial charge < -0.3 is 16.0 Å². The highest BCUT2D eigenvalue weighted by molar-refractivity contribution is 5.92. The lowest BCUT2D eigenvalue weighted by Gasteiger charge is -2.09. The third-order valence-corrected chi connectivity index (χ3v) is 2.84. The zero-order valence-electron chi connectivity index (χ0n) is 13.0. The first-order valence-corrected chi connectivity index (χ1v) is 7.46. The van der Waals surface area contributed by atoms with Gasteiger partial charge in [0.1, 0.15) is 0 Å². The van der Waals surface area contributed by atoms with Crippen molar-refractivity contribution in [3.05, 3.63) is 24.3 Å². The summed E-state index contributed by atoms with van der Waals surface area (Å²) in [5.74, 6) is 0.334. The van der Waals surface area contributed by atoms with E-state index in [9.17, 15) is 9.59 Å². The van der Waals surface area contributed by atoms with E-state index >= 15 is 0 Å². The molecule has 0 aliphatic carbocycles. The zero-order chi connectivity index (χ0) is 15.7. The van der Waals surface area contributed by atoms with Gasteiger partial charge >= 0.3 is 6.03 Å². The van der Waals surface area contributed by atoms with Crippen LogP contribution in [0.4, 0.5) is 16.2 Å². The van der Waals surface area contributed by atoms with Crippen LogP contribution >= 0.6 is 0 Å². The average Bonchev–Trinajstić information content (AvgIpc) is 2.40. The Hall–Kier alpha value is -2.04. The summed E-state index contributed by atoms with van der Waals surface area (Å²) in [5, 5.41) is 8.36. The molecule has 5 nitrogen and oxygen atoms in total. The molecule has 0 atom stereocenters. The third kappa shape index (κ3) is 7.34. The predicted octanol–water partition coefficient (Wildman–Crippen LogP) is 3.59. The summed E-state index contributed by atoms with van der Waals surface area (Å²) >= 11 is 0. The molecule has 0 aromatic heterocycles. The van der Waals surface area contributed by atoms with Crippen LogP contribution < -0.4 is 16.0 Å². The molecule has 0 aliphatic heterocycles. The molecule has 0 fully saturated rings. The number of benzene rings is 1. The van der Waals surface area contributed by atoms with Gasteiger partial charge in [0.2, 0.25) is 5.91 Å². The number of urea groups is 1.